The minimum Gasteiger partial charge on any atom is -0.505 e. The zero-order valence-corrected chi connectivity index (χ0v) is 12.8. The zero-order valence-electron chi connectivity index (χ0n) is 12.8. The van der Waals surface area contributed by atoms with Gasteiger partial charge in [-0.2, -0.15) is 5.11 Å². The summed E-state index contributed by atoms with van der Waals surface area (Å²) in [7, 11) is 0. The summed E-state index contributed by atoms with van der Waals surface area (Å²) in [6.45, 7) is 0. The molecule has 0 fully saturated rings. The van der Waals surface area contributed by atoms with E-state index < -0.39 is 0 Å². The number of azo groups is 1. The van der Waals surface area contributed by atoms with Crippen molar-refractivity contribution in [3.63, 3.8) is 0 Å². The molecule has 0 unspecified atom stereocenters. The summed E-state index contributed by atoms with van der Waals surface area (Å²) in [6.07, 6.45) is 0. The Balaban J connectivity index is 1.74. The molecule has 0 aliphatic rings. The lowest BCUT2D eigenvalue weighted by molar-refractivity contribution is 0.482. The summed E-state index contributed by atoms with van der Waals surface area (Å²) in [5.41, 5.74) is 7.55. The molecule has 0 heterocycles. The number of benzene rings is 4. The van der Waals surface area contributed by atoms with Crippen LogP contribution in [0.5, 0.6) is 5.75 Å². The molecule has 0 aliphatic heterocycles. The van der Waals surface area contributed by atoms with Crippen molar-refractivity contribution in [1.82, 2.24) is 0 Å². The number of nitrogens with two attached hydrogens (primary N) is 1. The zero-order chi connectivity index (χ0) is 16.5. The van der Waals surface area contributed by atoms with Gasteiger partial charge in [0.05, 0.1) is 5.69 Å². The van der Waals surface area contributed by atoms with E-state index in [0.717, 1.165) is 21.8 Å². The Hall–Kier alpha value is -3.40. The second-order valence-electron chi connectivity index (χ2n) is 5.65. The molecule has 0 spiro atoms. The van der Waals surface area contributed by atoms with Gasteiger partial charge in [-0.25, -0.2) is 0 Å². The maximum absolute atomic E-state index is 10.4. The number of hydrogen-bond donors (Lipinski definition) is 2. The topological polar surface area (TPSA) is 71.0 Å². The third-order valence-electron chi connectivity index (χ3n) is 4.00. The Bertz CT molecular complexity index is 1090. The van der Waals surface area contributed by atoms with Gasteiger partial charge in [0.25, 0.3) is 0 Å². The molecular formula is C20H15N3O. The molecule has 4 nitrogen and oxygen atoms in total. The van der Waals surface area contributed by atoms with Crippen LogP contribution >= 0.6 is 0 Å². The normalized spacial score (nSPS) is 11.5. The van der Waals surface area contributed by atoms with Crippen LogP contribution in [0, 0.1) is 0 Å². The largest absolute Gasteiger partial charge is 0.505 e. The first-order valence-electron chi connectivity index (χ1n) is 7.62. The molecule has 0 amide bonds. The molecule has 0 radical (unpaired) electrons. The molecule has 4 heteroatoms. The van der Waals surface area contributed by atoms with Gasteiger partial charge in [0.1, 0.15) is 5.69 Å². The van der Waals surface area contributed by atoms with E-state index in [4.69, 9.17) is 5.73 Å². The van der Waals surface area contributed by atoms with Crippen molar-refractivity contribution in [3.05, 3.63) is 72.8 Å². The summed E-state index contributed by atoms with van der Waals surface area (Å²) >= 11 is 0. The van der Waals surface area contributed by atoms with Gasteiger partial charge in [-0.15, -0.1) is 5.11 Å². The Morgan fingerprint density at radius 2 is 1.46 bits per heavy atom. The SMILES string of the molecule is Nc1ccc2ccc(N=Nc3ccc4ccccc4c3)c(O)c2c1. The number of rotatable bonds is 2. The summed E-state index contributed by atoms with van der Waals surface area (Å²) in [5.74, 6) is 0.0874. The van der Waals surface area contributed by atoms with Crippen molar-refractivity contribution in [2.45, 2.75) is 0 Å². The Labute approximate surface area is 138 Å². The van der Waals surface area contributed by atoms with Gasteiger partial charge in [-0.3, -0.25) is 0 Å². The van der Waals surface area contributed by atoms with E-state index >= 15 is 0 Å². The highest BCUT2D eigenvalue weighted by atomic mass is 16.3. The molecule has 116 valence electrons. The number of nitrogen functional groups attached to an aromatic ring is 1. The van der Waals surface area contributed by atoms with Gasteiger partial charge in [-0.1, -0.05) is 42.5 Å². The van der Waals surface area contributed by atoms with Crippen molar-refractivity contribution < 1.29 is 5.11 Å². The van der Waals surface area contributed by atoms with Crippen molar-refractivity contribution >= 4 is 38.6 Å². The van der Waals surface area contributed by atoms with Crippen molar-refractivity contribution in [2.24, 2.45) is 10.2 Å². The first-order valence-corrected chi connectivity index (χ1v) is 7.62. The number of nitrogens with zero attached hydrogens (tertiary/aromatic N) is 2. The van der Waals surface area contributed by atoms with Gasteiger partial charge < -0.3 is 10.8 Å². The first-order chi connectivity index (χ1) is 11.7. The van der Waals surface area contributed by atoms with Crippen LogP contribution in [-0.4, -0.2) is 5.11 Å². The van der Waals surface area contributed by atoms with E-state index in [0.29, 0.717) is 16.8 Å². The van der Waals surface area contributed by atoms with Crippen molar-refractivity contribution in [1.29, 1.82) is 0 Å². The second kappa shape index (κ2) is 5.66. The monoisotopic (exact) mass is 313 g/mol. The van der Waals surface area contributed by atoms with Gasteiger partial charge >= 0.3 is 0 Å². The predicted molar refractivity (Wildman–Crippen MR) is 98.1 cm³/mol. The van der Waals surface area contributed by atoms with Gasteiger partial charge in [-0.05, 0) is 46.5 Å². The molecule has 4 aromatic carbocycles. The number of phenols is 1. The number of hydrogen-bond acceptors (Lipinski definition) is 4. The summed E-state index contributed by atoms with van der Waals surface area (Å²) in [6, 6.07) is 23.0. The lowest BCUT2D eigenvalue weighted by Crippen LogP contribution is -1.84. The quantitative estimate of drug-likeness (QED) is 0.368. The first kappa shape index (κ1) is 14.2. The Kier molecular flexibility index (Phi) is 3.35. The molecule has 0 saturated carbocycles. The van der Waals surface area contributed by atoms with Crippen LogP contribution in [0.4, 0.5) is 17.1 Å². The summed E-state index contributed by atoms with van der Waals surface area (Å²) in [5, 5.41) is 22.7. The van der Waals surface area contributed by atoms with Crippen LogP contribution in [0.3, 0.4) is 0 Å². The average molecular weight is 313 g/mol. The van der Waals surface area contributed by atoms with Crippen molar-refractivity contribution in [3.8, 4) is 5.75 Å². The highest BCUT2D eigenvalue weighted by Gasteiger charge is 2.06. The highest BCUT2D eigenvalue weighted by Crippen LogP contribution is 2.36. The van der Waals surface area contributed by atoms with Crippen LogP contribution in [0.1, 0.15) is 0 Å². The third-order valence-corrected chi connectivity index (χ3v) is 4.00. The summed E-state index contributed by atoms with van der Waals surface area (Å²) < 4.78 is 0. The van der Waals surface area contributed by atoms with E-state index in [1.165, 1.54) is 0 Å². The standard InChI is InChI=1S/C20H15N3O/c21-16-8-5-14-7-10-19(20(24)18(14)12-16)23-22-17-9-6-13-3-1-2-4-15(13)11-17/h1-12,24H,21H2. The molecule has 4 aromatic rings. The minimum atomic E-state index is 0.0874. The molecule has 0 bridgehead atoms. The maximum atomic E-state index is 10.4. The van der Waals surface area contributed by atoms with Crippen LogP contribution in [0.25, 0.3) is 21.5 Å². The van der Waals surface area contributed by atoms with E-state index in [1.54, 1.807) is 18.2 Å². The lowest BCUT2D eigenvalue weighted by Gasteiger charge is -2.04. The van der Waals surface area contributed by atoms with Crippen LogP contribution in [0.2, 0.25) is 0 Å². The summed E-state index contributed by atoms with van der Waals surface area (Å²) in [4.78, 5) is 0. The van der Waals surface area contributed by atoms with Gasteiger partial charge in [0, 0.05) is 11.1 Å². The predicted octanol–water partition coefficient (Wildman–Crippen LogP) is 5.70. The van der Waals surface area contributed by atoms with E-state index in [2.05, 4.69) is 16.3 Å². The van der Waals surface area contributed by atoms with Crippen LogP contribution < -0.4 is 5.73 Å². The molecule has 24 heavy (non-hydrogen) atoms. The fraction of sp³-hybridized carbons (Fsp3) is 0. The number of aromatic hydroxyl groups is 1. The van der Waals surface area contributed by atoms with E-state index in [1.807, 2.05) is 48.5 Å². The number of fused-ring (bicyclic) bond motifs is 2. The fourth-order valence-corrected chi connectivity index (χ4v) is 2.74. The number of phenolic OH excluding ortho intramolecular Hbond substituents is 1. The fourth-order valence-electron chi connectivity index (χ4n) is 2.74. The lowest BCUT2D eigenvalue weighted by atomic mass is 10.1. The Morgan fingerprint density at radius 1 is 0.708 bits per heavy atom. The Morgan fingerprint density at radius 3 is 2.33 bits per heavy atom. The molecular weight excluding hydrogens is 298 g/mol. The van der Waals surface area contributed by atoms with Gasteiger partial charge in [0.15, 0.2) is 5.75 Å². The van der Waals surface area contributed by atoms with Crippen LogP contribution in [0.15, 0.2) is 83.0 Å². The molecule has 0 atom stereocenters. The molecule has 0 saturated heterocycles. The maximum Gasteiger partial charge on any atom is 0.150 e. The number of anilines is 1. The minimum absolute atomic E-state index is 0.0874. The third kappa shape index (κ3) is 2.54. The highest BCUT2D eigenvalue weighted by molar-refractivity contribution is 5.94. The van der Waals surface area contributed by atoms with Gasteiger partial charge in [0.2, 0.25) is 0 Å². The van der Waals surface area contributed by atoms with Crippen molar-refractivity contribution in [2.75, 3.05) is 5.73 Å². The van der Waals surface area contributed by atoms with Crippen LogP contribution in [-0.2, 0) is 0 Å². The molecule has 3 N–H and O–H groups in total. The van der Waals surface area contributed by atoms with E-state index in [9.17, 15) is 5.11 Å². The molecule has 4 rings (SSSR count). The molecule has 0 aliphatic carbocycles. The van der Waals surface area contributed by atoms with E-state index in [-0.39, 0.29) is 5.75 Å². The second-order valence-corrected chi connectivity index (χ2v) is 5.65. The average Bonchev–Trinajstić information content (AvgIpc) is 2.61. The smallest absolute Gasteiger partial charge is 0.150 e. The molecule has 0 aromatic heterocycles.